The second-order valence-corrected chi connectivity index (χ2v) is 20.0. The molecule has 6 aliphatic rings. The third-order valence-corrected chi connectivity index (χ3v) is 15.7. The number of nitrogens with zero attached hydrogens (tertiary/aromatic N) is 2. The number of ether oxygens (including phenoxy) is 1. The number of amides is 5. The topological polar surface area (TPSA) is 183 Å². The van der Waals surface area contributed by atoms with E-state index in [1.54, 1.807) is 4.90 Å². The molecule has 5 amide bonds. The van der Waals surface area contributed by atoms with Crippen molar-refractivity contribution >= 4 is 39.6 Å². The fourth-order valence-electron chi connectivity index (χ4n) is 9.95. The fraction of sp³-hybridized carbons (Fsp3) is 0.872. The number of carbonyl (C=O) groups excluding carboxylic acids is 5. The van der Waals surface area contributed by atoms with Gasteiger partial charge in [0.25, 0.3) is 5.91 Å². The van der Waals surface area contributed by atoms with E-state index < -0.39 is 62.7 Å². The van der Waals surface area contributed by atoms with Crippen molar-refractivity contribution in [3.05, 3.63) is 0 Å². The molecule has 0 aromatic rings. The monoisotopic (exact) mass is 776 g/mol. The van der Waals surface area contributed by atoms with Gasteiger partial charge in [-0.1, -0.05) is 79.1 Å². The molecule has 54 heavy (non-hydrogen) atoms. The van der Waals surface area contributed by atoms with Crippen LogP contribution in [-0.4, -0.2) is 115 Å². The number of nitrogens with one attached hydrogen (secondary N) is 4. The number of urea groups is 1. The summed E-state index contributed by atoms with van der Waals surface area (Å²) in [6, 6.07) is -3.37. The number of carbonyl (C=O) groups is 5. The van der Waals surface area contributed by atoms with Crippen LogP contribution in [0.15, 0.2) is 0 Å². The Morgan fingerprint density at radius 2 is 1.50 bits per heavy atom. The lowest BCUT2D eigenvalue weighted by atomic mass is 9.70. The molecule has 2 heterocycles. The van der Waals surface area contributed by atoms with Crippen LogP contribution in [0.1, 0.15) is 124 Å². The highest BCUT2D eigenvalue weighted by atomic mass is 32.2. The fourth-order valence-corrected chi connectivity index (χ4v) is 11.9. The molecular weight excluding hydrogens is 713 g/mol. The van der Waals surface area contributed by atoms with Gasteiger partial charge in [0.1, 0.15) is 12.1 Å². The summed E-state index contributed by atoms with van der Waals surface area (Å²) in [5.74, 6) is -2.40. The van der Waals surface area contributed by atoms with E-state index >= 15 is 0 Å². The SMILES string of the molecule is CCCC[C@H](NC(=O)[C@@H]1[C@@H]2[C@H](CN1C(=O)[C@@H](NC(=O)NC1(CS(=O)(=O)N3CCOCC3)CCCCC1)C1(C)CCCCC1)C2(C)C)C(=O)C(=O)NC1CC1. The van der Waals surface area contributed by atoms with Crippen LogP contribution in [0.3, 0.4) is 0 Å². The quantitative estimate of drug-likeness (QED) is 0.183. The number of rotatable bonds is 15. The van der Waals surface area contributed by atoms with E-state index in [0.717, 1.165) is 57.8 Å². The van der Waals surface area contributed by atoms with E-state index in [-0.39, 0.29) is 48.0 Å². The Balaban J connectivity index is 1.22. The standard InChI is InChI=1S/C39H64N6O8S/c1-5-6-13-28(31(46)34(48)40-26-14-15-26)41-33(47)30-29-27(37(29,2)3)24-45(30)35(49)32(38(4)16-9-7-10-17-38)42-36(50)43-39(18-11-8-12-19-39)25-54(51,52)44-20-22-53-23-21-44/h26-30,32H,5-25H2,1-4H3,(H,40,48)(H,41,47)(H2,42,43,50)/t27-,28-,29-,30-,32+/m0/s1. The van der Waals surface area contributed by atoms with Crippen molar-refractivity contribution in [1.29, 1.82) is 0 Å². The first-order valence-corrected chi connectivity index (χ1v) is 22.3. The number of hydrogen-bond donors (Lipinski definition) is 4. The average Bonchev–Trinajstić information content (AvgIpc) is 3.99. The molecule has 2 saturated heterocycles. The molecule has 4 saturated carbocycles. The molecular formula is C39H64N6O8S. The van der Waals surface area contributed by atoms with E-state index in [9.17, 15) is 32.4 Å². The molecule has 304 valence electrons. The number of hydrogen-bond acceptors (Lipinski definition) is 8. The Labute approximate surface area is 321 Å². The van der Waals surface area contributed by atoms with Crippen molar-refractivity contribution in [3.63, 3.8) is 0 Å². The maximum atomic E-state index is 15.0. The molecule has 0 bridgehead atoms. The van der Waals surface area contributed by atoms with Crippen molar-refractivity contribution in [1.82, 2.24) is 30.5 Å². The van der Waals surface area contributed by atoms with Crippen LogP contribution < -0.4 is 21.3 Å². The third-order valence-electron chi connectivity index (χ3n) is 13.6. The number of likely N-dealkylation sites (tertiary alicyclic amines) is 1. The molecule has 15 heteroatoms. The Hall–Kier alpha value is -2.78. The molecule has 0 aromatic heterocycles. The summed E-state index contributed by atoms with van der Waals surface area (Å²) in [5.41, 5.74) is -1.76. The first kappa shape index (κ1) is 40.9. The summed E-state index contributed by atoms with van der Waals surface area (Å²) in [4.78, 5) is 71.2. The number of unbranched alkanes of at least 4 members (excludes halogenated alkanes) is 1. The third kappa shape index (κ3) is 8.93. The number of morpholine rings is 1. The molecule has 0 spiro atoms. The van der Waals surface area contributed by atoms with Crippen LogP contribution in [0.2, 0.25) is 0 Å². The molecule has 6 rings (SSSR count). The zero-order valence-corrected chi connectivity index (χ0v) is 33.7. The van der Waals surface area contributed by atoms with Gasteiger partial charge >= 0.3 is 6.03 Å². The molecule has 4 N–H and O–H groups in total. The highest BCUT2D eigenvalue weighted by Crippen LogP contribution is 2.65. The van der Waals surface area contributed by atoms with Crippen molar-refractivity contribution in [3.8, 4) is 0 Å². The zero-order chi connectivity index (χ0) is 38.9. The van der Waals surface area contributed by atoms with Gasteiger partial charge in [-0.2, -0.15) is 4.31 Å². The van der Waals surface area contributed by atoms with E-state index in [1.807, 2.05) is 13.8 Å². The smallest absolute Gasteiger partial charge is 0.315 e. The number of piperidine rings is 1. The number of fused-ring (bicyclic) bond motifs is 1. The number of ketones is 1. The van der Waals surface area contributed by atoms with E-state index in [0.29, 0.717) is 58.3 Å². The van der Waals surface area contributed by atoms with Crippen molar-refractivity contribution in [2.75, 3.05) is 38.6 Å². The zero-order valence-electron chi connectivity index (χ0n) is 32.9. The summed E-state index contributed by atoms with van der Waals surface area (Å²) in [7, 11) is -3.70. The lowest BCUT2D eigenvalue weighted by molar-refractivity contribution is -0.146. The molecule has 2 aliphatic heterocycles. The number of Topliss-reactive ketones (excluding diaryl/α,β-unsaturated/α-hetero) is 1. The highest BCUT2D eigenvalue weighted by molar-refractivity contribution is 7.89. The van der Waals surface area contributed by atoms with Crippen molar-refractivity contribution in [2.45, 2.75) is 154 Å². The van der Waals surface area contributed by atoms with E-state index in [4.69, 9.17) is 4.74 Å². The van der Waals surface area contributed by atoms with Crippen molar-refractivity contribution in [2.24, 2.45) is 22.7 Å². The van der Waals surface area contributed by atoms with Gasteiger partial charge in [-0.3, -0.25) is 19.2 Å². The summed E-state index contributed by atoms with van der Waals surface area (Å²) >= 11 is 0. The molecule has 0 radical (unpaired) electrons. The Kier molecular flexibility index (Phi) is 12.4. The predicted molar refractivity (Wildman–Crippen MR) is 203 cm³/mol. The summed E-state index contributed by atoms with van der Waals surface area (Å²) < 4.78 is 34.1. The molecule has 5 atom stereocenters. The van der Waals surface area contributed by atoms with Gasteiger partial charge in [-0.15, -0.1) is 0 Å². The van der Waals surface area contributed by atoms with Gasteiger partial charge in [0.15, 0.2) is 0 Å². The van der Waals surface area contributed by atoms with Gasteiger partial charge in [-0.25, -0.2) is 13.2 Å². The van der Waals surface area contributed by atoms with Crippen LogP contribution in [-0.2, 0) is 33.9 Å². The maximum absolute atomic E-state index is 15.0. The van der Waals surface area contributed by atoms with Gasteiger partial charge in [0.2, 0.25) is 27.6 Å². The van der Waals surface area contributed by atoms with Gasteiger partial charge in [0.05, 0.1) is 30.5 Å². The molecule has 0 unspecified atom stereocenters. The minimum atomic E-state index is -3.70. The van der Waals surface area contributed by atoms with E-state index in [1.165, 1.54) is 4.31 Å². The Bertz CT molecular complexity index is 1530. The first-order chi connectivity index (χ1) is 25.6. The van der Waals surface area contributed by atoms with E-state index in [2.05, 4.69) is 35.1 Å². The molecule has 6 fully saturated rings. The van der Waals surface area contributed by atoms with Crippen LogP contribution >= 0.6 is 0 Å². The maximum Gasteiger partial charge on any atom is 0.315 e. The minimum Gasteiger partial charge on any atom is -0.379 e. The lowest BCUT2D eigenvalue weighted by Gasteiger charge is -2.44. The van der Waals surface area contributed by atoms with Gasteiger partial charge in [0, 0.05) is 25.7 Å². The number of sulfonamides is 1. The summed E-state index contributed by atoms with van der Waals surface area (Å²) in [6.45, 7) is 9.78. The van der Waals surface area contributed by atoms with Crippen LogP contribution in [0.25, 0.3) is 0 Å². The van der Waals surface area contributed by atoms with Crippen LogP contribution in [0, 0.1) is 22.7 Å². The first-order valence-electron chi connectivity index (χ1n) is 20.7. The Morgan fingerprint density at radius 1 is 0.870 bits per heavy atom. The highest BCUT2D eigenvalue weighted by Gasteiger charge is 2.70. The lowest BCUT2D eigenvalue weighted by Crippen LogP contribution is -2.65. The largest absolute Gasteiger partial charge is 0.379 e. The molecule has 0 aromatic carbocycles. The molecule has 14 nitrogen and oxygen atoms in total. The summed E-state index contributed by atoms with van der Waals surface area (Å²) in [5, 5.41) is 11.8. The van der Waals surface area contributed by atoms with Gasteiger partial charge < -0.3 is 30.9 Å². The second kappa shape index (κ2) is 16.4. The normalized spacial score (nSPS) is 28.5. The predicted octanol–water partition coefficient (Wildman–Crippen LogP) is 3.00. The Morgan fingerprint density at radius 3 is 2.11 bits per heavy atom. The summed E-state index contributed by atoms with van der Waals surface area (Å²) in [6.07, 6.45) is 11.2. The van der Waals surface area contributed by atoms with Crippen LogP contribution in [0.5, 0.6) is 0 Å². The average molecular weight is 777 g/mol. The minimum absolute atomic E-state index is 0.00453. The molecule has 4 aliphatic carbocycles. The van der Waals surface area contributed by atoms with Crippen LogP contribution in [0.4, 0.5) is 4.79 Å². The van der Waals surface area contributed by atoms with Gasteiger partial charge in [-0.05, 0) is 67.6 Å². The second-order valence-electron chi connectivity index (χ2n) is 18.1. The van der Waals surface area contributed by atoms with Crippen molar-refractivity contribution < 1.29 is 37.1 Å².